The molecular formula is C27H57NO2. The molecule has 0 unspecified atom stereocenters. The largest absolute Gasteiger partial charge is 0.554 e. The molecule has 0 amide bonds. The fraction of sp³-hybridized carbons (Fsp3) is 0.963. The number of unbranched alkanes of at least 4 members (excludes halogenated alkanes) is 18. The van der Waals surface area contributed by atoms with Gasteiger partial charge in [0.25, 0.3) is 0 Å². The third-order valence-electron chi connectivity index (χ3n) is 6.23. The number of carboxylic acid groups (broad SMARTS) is 1. The molecule has 30 heavy (non-hydrogen) atoms. The second-order valence-corrected chi connectivity index (χ2v) is 9.84. The fourth-order valence-electron chi connectivity index (χ4n) is 4.17. The number of carbonyl (C=O) groups is 1. The van der Waals surface area contributed by atoms with Crippen molar-refractivity contribution in [2.24, 2.45) is 0 Å². The summed E-state index contributed by atoms with van der Waals surface area (Å²) in [5.74, 6) is 0. The number of rotatable bonds is 22. The summed E-state index contributed by atoms with van der Waals surface area (Å²) in [6, 6.07) is 0. The Labute approximate surface area is 190 Å². The van der Waals surface area contributed by atoms with Crippen molar-refractivity contribution in [3.05, 3.63) is 0 Å². The number of nitrogens with zero attached hydrogens (tertiary/aromatic N) is 1. The Balaban J connectivity index is 0. The van der Waals surface area contributed by atoms with Crippen LogP contribution in [-0.4, -0.2) is 38.1 Å². The van der Waals surface area contributed by atoms with Crippen molar-refractivity contribution in [3.63, 3.8) is 0 Å². The van der Waals surface area contributed by atoms with E-state index >= 15 is 0 Å². The standard InChI is InChI=1S/C26H56N.CH2O2/c1-5-7-9-11-13-15-17-19-21-23-25-27(3,4)26-24-22-20-18-16-14-12-10-8-6-2;2-1-3/h5-26H2,1-4H3;1H,(H,2,3)/q+1;/p-1. The van der Waals surface area contributed by atoms with Gasteiger partial charge < -0.3 is 14.4 Å². The first-order valence-electron chi connectivity index (χ1n) is 13.4. The van der Waals surface area contributed by atoms with Crippen LogP contribution in [0.15, 0.2) is 0 Å². The van der Waals surface area contributed by atoms with Crippen molar-refractivity contribution in [1.29, 1.82) is 0 Å². The Morgan fingerprint density at radius 2 is 0.700 bits per heavy atom. The van der Waals surface area contributed by atoms with E-state index in [9.17, 15) is 0 Å². The van der Waals surface area contributed by atoms with Gasteiger partial charge in [0.2, 0.25) is 0 Å². The Kier molecular flexibility index (Phi) is 27.9. The topological polar surface area (TPSA) is 40.1 Å². The molecule has 0 aliphatic carbocycles. The molecule has 0 rings (SSSR count). The van der Waals surface area contributed by atoms with Crippen LogP contribution in [0.3, 0.4) is 0 Å². The highest BCUT2D eigenvalue weighted by Crippen LogP contribution is 2.14. The molecule has 3 heteroatoms. The Hall–Kier alpha value is -0.570. The molecule has 0 radical (unpaired) electrons. The van der Waals surface area contributed by atoms with Crippen LogP contribution >= 0.6 is 0 Å². The highest BCUT2D eigenvalue weighted by molar-refractivity contribution is 5.29. The molecule has 0 aromatic heterocycles. The van der Waals surface area contributed by atoms with Crippen LogP contribution in [0.2, 0.25) is 0 Å². The highest BCUT2D eigenvalue weighted by atomic mass is 16.3. The molecule has 0 aliphatic heterocycles. The van der Waals surface area contributed by atoms with Crippen LogP contribution in [-0.2, 0) is 4.79 Å². The van der Waals surface area contributed by atoms with Gasteiger partial charge in [0.05, 0.1) is 27.2 Å². The van der Waals surface area contributed by atoms with Crippen LogP contribution in [0.4, 0.5) is 0 Å². The number of carbonyl (C=O) groups excluding carboxylic acids is 1. The molecule has 3 nitrogen and oxygen atoms in total. The summed E-state index contributed by atoms with van der Waals surface area (Å²) in [6.07, 6.45) is 29.0. The molecule has 0 fully saturated rings. The number of hydrogen-bond donors (Lipinski definition) is 0. The molecule has 0 bridgehead atoms. The van der Waals surface area contributed by atoms with E-state index in [0.29, 0.717) is 0 Å². The van der Waals surface area contributed by atoms with Crippen molar-refractivity contribution in [1.82, 2.24) is 0 Å². The summed E-state index contributed by atoms with van der Waals surface area (Å²) in [4.78, 5) is 8.25. The molecule has 0 spiro atoms. The fourth-order valence-corrected chi connectivity index (χ4v) is 4.17. The SMILES string of the molecule is CCCCCCCCCCCC[N+](C)(C)CCCCCCCCCCCC.O=C[O-]. The van der Waals surface area contributed by atoms with E-state index in [1.807, 2.05) is 0 Å². The van der Waals surface area contributed by atoms with E-state index in [1.165, 1.54) is 146 Å². The zero-order valence-corrected chi connectivity index (χ0v) is 21.4. The average molecular weight is 428 g/mol. The maximum Gasteiger partial charge on any atom is 0.0782 e. The summed E-state index contributed by atoms with van der Waals surface area (Å²) in [5, 5.41) is 8.25. The monoisotopic (exact) mass is 427 g/mol. The zero-order valence-electron chi connectivity index (χ0n) is 21.4. The summed E-state index contributed by atoms with van der Waals surface area (Å²) < 4.78 is 1.24. The molecule has 0 aromatic rings. The van der Waals surface area contributed by atoms with Gasteiger partial charge in [-0.25, -0.2) is 0 Å². The Bertz CT molecular complexity index is 292. The van der Waals surface area contributed by atoms with Crippen LogP contribution in [0.1, 0.15) is 142 Å². The first kappa shape index (κ1) is 31.6. The van der Waals surface area contributed by atoms with E-state index in [1.54, 1.807) is 0 Å². The normalized spacial score (nSPS) is 11.2. The van der Waals surface area contributed by atoms with Gasteiger partial charge in [-0.1, -0.05) is 117 Å². The highest BCUT2D eigenvalue weighted by Gasteiger charge is 2.13. The third-order valence-corrected chi connectivity index (χ3v) is 6.23. The first-order chi connectivity index (χ1) is 14.5. The van der Waals surface area contributed by atoms with E-state index < -0.39 is 6.47 Å². The predicted octanol–water partition coefficient (Wildman–Crippen LogP) is 7.27. The summed E-state index contributed by atoms with van der Waals surface area (Å²) >= 11 is 0. The molecule has 0 heterocycles. The second-order valence-electron chi connectivity index (χ2n) is 9.84. The smallest absolute Gasteiger partial charge is 0.0782 e. The minimum Gasteiger partial charge on any atom is -0.554 e. The van der Waals surface area contributed by atoms with Gasteiger partial charge in [0, 0.05) is 6.47 Å². The maximum absolute atomic E-state index is 8.25. The molecule has 0 saturated heterocycles. The predicted molar refractivity (Wildman–Crippen MR) is 132 cm³/mol. The molecule has 0 saturated carbocycles. The van der Waals surface area contributed by atoms with Gasteiger partial charge in [-0.15, -0.1) is 0 Å². The van der Waals surface area contributed by atoms with Gasteiger partial charge in [-0.2, -0.15) is 0 Å². The average Bonchev–Trinajstić information content (AvgIpc) is 2.71. The van der Waals surface area contributed by atoms with Gasteiger partial charge in [0.15, 0.2) is 0 Å². The lowest BCUT2D eigenvalue weighted by Crippen LogP contribution is -2.41. The van der Waals surface area contributed by atoms with Crippen molar-refractivity contribution < 1.29 is 14.4 Å². The summed E-state index contributed by atoms with van der Waals surface area (Å²) in [6.45, 7) is 6.87. The first-order valence-corrected chi connectivity index (χ1v) is 13.4. The molecule has 0 aliphatic rings. The van der Waals surface area contributed by atoms with E-state index in [2.05, 4.69) is 27.9 Å². The molecule has 0 N–H and O–H groups in total. The van der Waals surface area contributed by atoms with E-state index in [-0.39, 0.29) is 0 Å². The Morgan fingerprint density at radius 3 is 0.933 bits per heavy atom. The summed E-state index contributed by atoms with van der Waals surface area (Å²) in [7, 11) is 4.89. The van der Waals surface area contributed by atoms with Crippen LogP contribution in [0.5, 0.6) is 0 Å². The van der Waals surface area contributed by atoms with Gasteiger partial charge >= 0.3 is 0 Å². The second kappa shape index (κ2) is 26.5. The maximum atomic E-state index is 8.25. The molecule has 0 aromatic carbocycles. The lowest BCUT2D eigenvalue weighted by atomic mass is 10.1. The zero-order chi connectivity index (χ0) is 22.8. The lowest BCUT2D eigenvalue weighted by Gasteiger charge is -2.30. The third kappa shape index (κ3) is 29.6. The minimum atomic E-state index is -0.500. The minimum absolute atomic E-state index is 0.500. The Morgan fingerprint density at radius 1 is 0.500 bits per heavy atom. The number of quaternary nitrogens is 1. The number of hydrogen-bond acceptors (Lipinski definition) is 2. The van der Waals surface area contributed by atoms with Gasteiger partial charge in [-0.3, -0.25) is 0 Å². The van der Waals surface area contributed by atoms with Crippen LogP contribution < -0.4 is 5.11 Å². The molecular weight excluding hydrogens is 370 g/mol. The summed E-state index contributed by atoms with van der Waals surface area (Å²) in [5.41, 5.74) is 0. The molecule has 0 atom stereocenters. The van der Waals surface area contributed by atoms with Gasteiger partial charge in [-0.05, 0) is 25.7 Å². The van der Waals surface area contributed by atoms with Crippen molar-refractivity contribution in [2.45, 2.75) is 142 Å². The lowest BCUT2D eigenvalue weighted by molar-refractivity contribution is -0.890. The van der Waals surface area contributed by atoms with E-state index in [4.69, 9.17) is 9.90 Å². The van der Waals surface area contributed by atoms with Crippen LogP contribution in [0.25, 0.3) is 0 Å². The quantitative estimate of drug-likeness (QED) is 0.103. The molecule has 182 valence electrons. The van der Waals surface area contributed by atoms with Crippen molar-refractivity contribution in [2.75, 3.05) is 27.2 Å². The van der Waals surface area contributed by atoms with Crippen molar-refractivity contribution in [3.8, 4) is 0 Å². The van der Waals surface area contributed by atoms with Gasteiger partial charge in [0.1, 0.15) is 0 Å². The van der Waals surface area contributed by atoms with Crippen LogP contribution in [0, 0.1) is 0 Å². The van der Waals surface area contributed by atoms with E-state index in [0.717, 1.165) is 0 Å². The van der Waals surface area contributed by atoms with Crippen molar-refractivity contribution >= 4 is 6.47 Å².